The summed E-state index contributed by atoms with van der Waals surface area (Å²) in [5.74, 6) is 0.892. The number of halogens is 3. The SMILES string of the molecule is CN(Cc1ccc(F)cc1)c1cc(CCl)c(Cl)cn1. The van der Waals surface area contributed by atoms with Gasteiger partial charge in [-0.1, -0.05) is 23.7 Å². The van der Waals surface area contributed by atoms with Crippen molar-refractivity contribution < 1.29 is 4.39 Å². The quantitative estimate of drug-likeness (QED) is 0.785. The zero-order valence-corrected chi connectivity index (χ0v) is 11.9. The molecule has 1 aromatic heterocycles. The predicted octanol–water partition coefficient (Wildman–Crippen LogP) is 4.25. The third-order valence-corrected chi connectivity index (χ3v) is 3.42. The topological polar surface area (TPSA) is 16.1 Å². The van der Waals surface area contributed by atoms with Crippen molar-refractivity contribution in [2.75, 3.05) is 11.9 Å². The van der Waals surface area contributed by atoms with Crippen molar-refractivity contribution in [1.82, 2.24) is 4.98 Å². The zero-order chi connectivity index (χ0) is 13.8. The van der Waals surface area contributed by atoms with E-state index < -0.39 is 0 Å². The van der Waals surface area contributed by atoms with Gasteiger partial charge >= 0.3 is 0 Å². The summed E-state index contributed by atoms with van der Waals surface area (Å²) in [6.45, 7) is 0.636. The van der Waals surface area contributed by atoms with Gasteiger partial charge in [0.05, 0.1) is 5.02 Å². The molecule has 2 nitrogen and oxygen atoms in total. The van der Waals surface area contributed by atoms with Crippen molar-refractivity contribution in [3.8, 4) is 0 Å². The Morgan fingerprint density at radius 3 is 2.58 bits per heavy atom. The van der Waals surface area contributed by atoms with Crippen molar-refractivity contribution in [2.45, 2.75) is 12.4 Å². The van der Waals surface area contributed by atoms with Crippen LogP contribution in [-0.2, 0) is 12.4 Å². The molecule has 0 fully saturated rings. The molecule has 0 bridgehead atoms. The first-order valence-corrected chi connectivity index (χ1v) is 6.67. The van der Waals surface area contributed by atoms with Crippen molar-refractivity contribution in [1.29, 1.82) is 0 Å². The molecular weight excluding hydrogens is 286 g/mol. The lowest BCUT2D eigenvalue weighted by Gasteiger charge is -2.19. The summed E-state index contributed by atoms with van der Waals surface area (Å²) in [6, 6.07) is 8.26. The number of alkyl halides is 1. The highest BCUT2D eigenvalue weighted by Crippen LogP contribution is 2.22. The highest BCUT2D eigenvalue weighted by atomic mass is 35.5. The van der Waals surface area contributed by atoms with Gasteiger partial charge in [-0.25, -0.2) is 9.37 Å². The number of anilines is 1. The summed E-state index contributed by atoms with van der Waals surface area (Å²) in [5.41, 5.74) is 1.85. The molecule has 0 unspecified atom stereocenters. The lowest BCUT2D eigenvalue weighted by molar-refractivity contribution is 0.627. The zero-order valence-electron chi connectivity index (χ0n) is 10.4. The minimum absolute atomic E-state index is 0.236. The van der Waals surface area contributed by atoms with E-state index in [9.17, 15) is 4.39 Å². The molecule has 0 saturated carbocycles. The van der Waals surface area contributed by atoms with E-state index in [0.717, 1.165) is 16.9 Å². The molecule has 1 aromatic carbocycles. The Kier molecular flexibility index (Phi) is 4.61. The fourth-order valence-corrected chi connectivity index (χ4v) is 2.18. The Hall–Kier alpha value is -1.32. The molecule has 0 atom stereocenters. The lowest BCUT2D eigenvalue weighted by atomic mass is 10.2. The molecule has 0 saturated heterocycles. The molecule has 2 rings (SSSR count). The average molecular weight is 299 g/mol. The van der Waals surface area contributed by atoms with Crippen LogP contribution in [0.5, 0.6) is 0 Å². The van der Waals surface area contributed by atoms with E-state index in [1.807, 2.05) is 18.0 Å². The molecule has 0 aliphatic carbocycles. The first-order valence-electron chi connectivity index (χ1n) is 5.76. The molecule has 100 valence electrons. The van der Waals surface area contributed by atoms with Crippen LogP contribution < -0.4 is 4.90 Å². The average Bonchev–Trinajstić information content (AvgIpc) is 2.42. The molecule has 1 heterocycles. The van der Waals surface area contributed by atoms with E-state index in [4.69, 9.17) is 23.2 Å². The monoisotopic (exact) mass is 298 g/mol. The number of benzene rings is 1. The van der Waals surface area contributed by atoms with Gasteiger partial charge in [0.25, 0.3) is 0 Å². The van der Waals surface area contributed by atoms with Gasteiger partial charge in [-0.3, -0.25) is 0 Å². The number of nitrogens with zero attached hydrogens (tertiary/aromatic N) is 2. The van der Waals surface area contributed by atoms with E-state index in [0.29, 0.717) is 17.4 Å². The second-order valence-corrected chi connectivity index (χ2v) is 4.92. The number of rotatable bonds is 4. The third-order valence-electron chi connectivity index (χ3n) is 2.79. The van der Waals surface area contributed by atoms with E-state index >= 15 is 0 Å². The van der Waals surface area contributed by atoms with Crippen molar-refractivity contribution in [2.24, 2.45) is 0 Å². The number of pyridine rings is 1. The number of aromatic nitrogens is 1. The first-order chi connectivity index (χ1) is 9.10. The summed E-state index contributed by atoms with van der Waals surface area (Å²) < 4.78 is 12.8. The molecule has 19 heavy (non-hydrogen) atoms. The molecule has 0 amide bonds. The van der Waals surface area contributed by atoms with E-state index in [1.54, 1.807) is 18.3 Å². The van der Waals surface area contributed by atoms with Crippen LogP contribution in [0.2, 0.25) is 5.02 Å². The van der Waals surface area contributed by atoms with E-state index in [2.05, 4.69) is 4.98 Å². The molecule has 0 aliphatic heterocycles. The van der Waals surface area contributed by atoms with Crippen molar-refractivity contribution >= 4 is 29.0 Å². The van der Waals surface area contributed by atoms with Crippen LogP contribution in [0.1, 0.15) is 11.1 Å². The summed E-state index contributed by atoms with van der Waals surface area (Å²) in [6.07, 6.45) is 1.59. The summed E-state index contributed by atoms with van der Waals surface area (Å²) >= 11 is 11.8. The van der Waals surface area contributed by atoms with Crippen molar-refractivity contribution in [3.05, 3.63) is 58.5 Å². The Morgan fingerprint density at radius 1 is 1.26 bits per heavy atom. The Morgan fingerprint density at radius 2 is 1.95 bits per heavy atom. The summed E-state index contributed by atoms with van der Waals surface area (Å²) in [7, 11) is 1.91. The summed E-state index contributed by atoms with van der Waals surface area (Å²) in [4.78, 5) is 6.22. The van der Waals surface area contributed by atoms with Gasteiger partial charge in [-0.15, -0.1) is 11.6 Å². The smallest absolute Gasteiger partial charge is 0.128 e. The minimum atomic E-state index is -0.236. The second kappa shape index (κ2) is 6.22. The molecule has 0 spiro atoms. The first kappa shape index (κ1) is 14.1. The second-order valence-electron chi connectivity index (χ2n) is 4.25. The maximum Gasteiger partial charge on any atom is 0.128 e. The maximum atomic E-state index is 12.8. The molecule has 5 heteroatoms. The fourth-order valence-electron chi connectivity index (χ4n) is 1.72. The molecule has 0 N–H and O–H groups in total. The van der Waals surface area contributed by atoms with Crippen LogP contribution in [0, 0.1) is 5.82 Å². The van der Waals surface area contributed by atoms with Gasteiger partial charge in [0.15, 0.2) is 0 Å². The van der Waals surface area contributed by atoms with Crippen molar-refractivity contribution in [3.63, 3.8) is 0 Å². The normalized spacial score (nSPS) is 10.5. The highest BCUT2D eigenvalue weighted by Gasteiger charge is 2.07. The standard InChI is InChI=1S/C14H13Cl2FN2/c1-19(9-10-2-4-12(17)5-3-10)14-6-11(7-15)13(16)8-18-14/h2-6,8H,7,9H2,1H3. The highest BCUT2D eigenvalue weighted by molar-refractivity contribution is 6.32. The van der Waals surface area contributed by atoms with E-state index in [1.165, 1.54) is 12.1 Å². The van der Waals surface area contributed by atoms with Gasteiger partial charge in [-0.2, -0.15) is 0 Å². The van der Waals surface area contributed by atoms with Crippen LogP contribution in [0.15, 0.2) is 36.5 Å². The van der Waals surface area contributed by atoms with Gasteiger partial charge in [-0.05, 0) is 29.3 Å². The number of hydrogen-bond acceptors (Lipinski definition) is 2. The molecule has 2 aromatic rings. The van der Waals surface area contributed by atoms with Gasteiger partial charge in [0.2, 0.25) is 0 Å². The Balaban J connectivity index is 2.15. The third kappa shape index (κ3) is 3.58. The van der Waals surface area contributed by atoms with Crippen LogP contribution in [0.4, 0.5) is 10.2 Å². The lowest BCUT2D eigenvalue weighted by Crippen LogP contribution is -2.17. The van der Waals surface area contributed by atoms with Crippen LogP contribution >= 0.6 is 23.2 Å². The minimum Gasteiger partial charge on any atom is -0.355 e. The predicted molar refractivity (Wildman–Crippen MR) is 77.3 cm³/mol. The van der Waals surface area contributed by atoms with Gasteiger partial charge in [0.1, 0.15) is 11.6 Å². The molecule has 0 aliphatic rings. The molecule has 0 radical (unpaired) electrons. The van der Waals surface area contributed by atoms with Crippen LogP contribution in [0.3, 0.4) is 0 Å². The molecular formula is C14H13Cl2FN2. The van der Waals surface area contributed by atoms with Gasteiger partial charge in [0, 0.05) is 25.7 Å². The summed E-state index contributed by atoms with van der Waals surface area (Å²) in [5, 5.41) is 0.564. The largest absolute Gasteiger partial charge is 0.355 e. The van der Waals surface area contributed by atoms with Crippen LogP contribution in [-0.4, -0.2) is 12.0 Å². The Bertz CT molecular complexity index is 558. The number of hydrogen-bond donors (Lipinski definition) is 0. The van der Waals surface area contributed by atoms with Crippen LogP contribution in [0.25, 0.3) is 0 Å². The fraction of sp³-hybridized carbons (Fsp3) is 0.214. The maximum absolute atomic E-state index is 12.8. The van der Waals surface area contributed by atoms with Gasteiger partial charge < -0.3 is 4.90 Å². The Labute approximate surface area is 121 Å². The van der Waals surface area contributed by atoms with E-state index in [-0.39, 0.29) is 5.82 Å².